The lowest BCUT2D eigenvalue weighted by molar-refractivity contribution is 0.0958. The van der Waals surface area contributed by atoms with Gasteiger partial charge in [0.25, 0.3) is 5.91 Å². The summed E-state index contributed by atoms with van der Waals surface area (Å²) in [5.74, 6) is -0.240. The summed E-state index contributed by atoms with van der Waals surface area (Å²) < 4.78 is 0. The molecule has 0 saturated heterocycles. The first kappa shape index (κ1) is 16.1. The van der Waals surface area contributed by atoms with Crippen LogP contribution in [-0.2, 0) is 0 Å². The molecule has 0 aliphatic carbocycles. The smallest absolute Gasteiger partial charge is 0.266 e. The number of aromatic nitrogens is 1. The van der Waals surface area contributed by atoms with Crippen LogP contribution in [0.15, 0.2) is 59.7 Å². The third kappa shape index (κ3) is 3.75. The molecule has 1 heterocycles. The molecule has 5 heteroatoms. The van der Waals surface area contributed by atoms with Crippen molar-refractivity contribution < 1.29 is 4.79 Å². The molecule has 4 nitrogen and oxygen atoms in total. The molecule has 0 saturated carbocycles. The third-order valence-corrected chi connectivity index (χ3v) is 4.65. The van der Waals surface area contributed by atoms with Gasteiger partial charge in [-0.15, -0.1) is 11.3 Å². The molecule has 0 fully saturated rings. The zero-order valence-corrected chi connectivity index (χ0v) is 14.3. The minimum atomic E-state index is -0.240. The number of carbonyl (C=O) groups is 1. The quantitative estimate of drug-likeness (QED) is 0.574. The van der Waals surface area contributed by atoms with Crippen LogP contribution in [0.1, 0.15) is 26.5 Å². The normalized spacial score (nSPS) is 10.9. The van der Waals surface area contributed by atoms with Gasteiger partial charge in [0, 0.05) is 5.56 Å². The van der Waals surface area contributed by atoms with Gasteiger partial charge in [-0.25, -0.2) is 10.4 Å². The number of thiazole rings is 1. The van der Waals surface area contributed by atoms with E-state index in [2.05, 4.69) is 15.5 Å². The predicted molar refractivity (Wildman–Crippen MR) is 98.5 cm³/mol. The van der Waals surface area contributed by atoms with E-state index in [1.807, 2.05) is 68.4 Å². The number of nitrogens with one attached hydrogen (secondary N) is 1. The first-order valence-corrected chi connectivity index (χ1v) is 8.38. The Bertz CT molecular complexity index is 885. The number of hydrazone groups is 1. The molecule has 0 radical (unpaired) electrons. The highest BCUT2D eigenvalue weighted by molar-refractivity contribution is 7.17. The Balaban J connectivity index is 1.73. The summed E-state index contributed by atoms with van der Waals surface area (Å²) in [6.07, 6.45) is 1.64. The van der Waals surface area contributed by atoms with Gasteiger partial charge in [0.1, 0.15) is 9.88 Å². The summed E-state index contributed by atoms with van der Waals surface area (Å²) in [6.45, 7) is 3.85. The molecule has 120 valence electrons. The third-order valence-electron chi connectivity index (χ3n) is 3.45. The molecule has 2 aromatic carbocycles. The zero-order valence-electron chi connectivity index (χ0n) is 13.5. The van der Waals surface area contributed by atoms with Gasteiger partial charge in [-0.2, -0.15) is 5.10 Å². The number of benzene rings is 2. The van der Waals surface area contributed by atoms with Crippen LogP contribution in [0, 0.1) is 13.8 Å². The molecule has 24 heavy (non-hydrogen) atoms. The molecule has 1 N–H and O–H groups in total. The van der Waals surface area contributed by atoms with Gasteiger partial charge >= 0.3 is 0 Å². The van der Waals surface area contributed by atoms with Crippen LogP contribution in [-0.4, -0.2) is 17.1 Å². The van der Waals surface area contributed by atoms with E-state index in [0.29, 0.717) is 10.6 Å². The Morgan fingerprint density at radius 1 is 1.12 bits per heavy atom. The van der Waals surface area contributed by atoms with Gasteiger partial charge in [-0.05, 0) is 19.4 Å². The Hall–Kier alpha value is -2.79. The Morgan fingerprint density at radius 2 is 1.92 bits per heavy atom. The zero-order chi connectivity index (χ0) is 16.9. The van der Waals surface area contributed by atoms with E-state index in [0.717, 1.165) is 21.7 Å². The molecule has 0 atom stereocenters. The van der Waals surface area contributed by atoms with Gasteiger partial charge in [0.2, 0.25) is 0 Å². The van der Waals surface area contributed by atoms with Crippen LogP contribution in [0.4, 0.5) is 0 Å². The molecule has 0 bridgehead atoms. The predicted octanol–water partition coefficient (Wildman–Crippen LogP) is 4.19. The molecule has 1 amide bonds. The standard InChI is InChI=1S/C19H17N3OS/c1-13-7-6-8-15(11-13)12-20-22-18(23)17-14(2)21-19(24-17)16-9-4-3-5-10-16/h3-12H,1-2H3,(H,22,23)/b20-12+. The second-order valence-corrected chi connectivity index (χ2v) is 6.41. The largest absolute Gasteiger partial charge is 0.283 e. The lowest BCUT2D eigenvalue weighted by atomic mass is 10.2. The lowest BCUT2D eigenvalue weighted by Gasteiger charge is -1.98. The highest BCUT2D eigenvalue weighted by atomic mass is 32.1. The monoisotopic (exact) mass is 335 g/mol. The maximum absolute atomic E-state index is 12.3. The van der Waals surface area contributed by atoms with Crippen molar-refractivity contribution in [1.29, 1.82) is 0 Å². The number of rotatable bonds is 4. The van der Waals surface area contributed by atoms with Crippen molar-refractivity contribution in [2.24, 2.45) is 5.10 Å². The summed E-state index contributed by atoms with van der Waals surface area (Å²) >= 11 is 1.37. The van der Waals surface area contributed by atoms with E-state index >= 15 is 0 Å². The molecule has 0 aliphatic heterocycles. The van der Waals surface area contributed by atoms with E-state index in [4.69, 9.17) is 0 Å². The fraction of sp³-hybridized carbons (Fsp3) is 0.105. The van der Waals surface area contributed by atoms with E-state index < -0.39 is 0 Å². The van der Waals surface area contributed by atoms with Crippen molar-refractivity contribution in [2.75, 3.05) is 0 Å². The van der Waals surface area contributed by atoms with Crippen molar-refractivity contribution >= 4 is 23.5 Å². The van der Waals surface area contributed by atoms with E-state index in [1.165, 1.54) is 11.3 Å². The van der Waals surface area contributed by atoms with Crippen molar-refractivity contribution in [3.05, 3.63) is 76.3 Å². The minimum absolute atomic E-state index is 0.240. The number of aryl methyl sites for hydroxylation is 2. The summed E-state index contributed by atoms with van der Waals surface area (Å²) in [4.78, 5) is 17.4. The number of nitrogens with zero attached hydrogens (tertiary/aromatic N) is 2. The van der Waals surface area contributed by atoms with E-state index in [-0.39, 0.29) is 5.91 Å². The maximum Gasteiger partial charge on any atom is 0.283 e. The number of hydrogen-bond acceptors (Lipinski definition) is 4. The summed E-state index contributed by atoms with van der Waals surface area (Å²) in [5.41, 5.74) is 6.39. The first-order valence-electron chi connectivity index (χ1n) is 7.56. The minimum Gasteiger partial charge on any atom is -0.266 e. The summed E-state index contributed by atoms with van der Waals surface area (Å²) in [6, 6.07) is 17.7. The van der Waals surface area contributed by atoms with Gasteiger partial charge in [-0.3, -0.25) is 4.79 Å². The molecule has 1 aromatic heterocycles. The van der Waals surface area contributed by atoms with Crippen molar-refractivity contribution in [1.82, 2.24) is 10.4 Å². The molecule has 0 aliphatic rings. The van der Waals surface area contributed by atoms with Crippen LogP contribution in [0.3, 0.4) is 0 Å². The second-order valence-electron chi connectivity index (χ2n) is 5.41. The van der Waals surface area contributed by atoms with Gasteiger partial charge in [0.05, 0.1) is 11.9 Å². The highest BCUT2D eigenvalue weighted by Crippen LogP contribution is 2.27. The Labute approximate surface area is 144 Å². The maximum atomic E-state index is 12.3. The summed E-state index contributed by atoms with van der Waals surface area (Å²) in [5, 5.41) is 4.87. The fourth-order valence-electron chi connectivity index (χ4n) is 2.28. The Kier molecular flexibility index (Phi) is 4.82. The molecule has 3 aromatic rings. The number of hydrogen-bond donors (Lipinski definition) is 1. The van der Waals surface area contributed by atoms with Gasteiger partial charge < -0.3 is 0 Å². The first-order chi connectivity index (χ1) is 11.6. The van der Waals surface area contributed by atoms with E-state index in [9.17, 15) is 4.79 Å². The van der Waals surface area contributed by atoms with Crippen LogP contribution in [0.5, 0.6) is 0 Å². The molecular formula is C19H17N3OS. The summed E-state index contributed by atoms with van der Waals surface area (Å²) in [7, 11) is 0. The molecule has 0 unspecified atom stereocenters. The topological polar surface area (TPSA) is 54.4 Å². The van der Waals surface area contributed by atoms with Gasteiger partial charge in [0.15, 0.2) is 0 Å². The van der Waals surface area contributed by atoms with Crippen LogP contribution in [0.2, 0.25) is 0 Å². The Morgan fingerprint density at radius 3 is 2.67 bits per heavy atom. The number of carbonyl (C=O) groups excluding carboxylic acids is 1. The second kappa shape index (κ2) is 7.19. The number of amides is 1. The molecule has 3 rings (SSSR count). The lowest BCUT2D eigenvalue weighted by Crippen LogP contribution is -2.17. The van der Waals surface area contributed by atoms with Crippen molar-refractivity contribution in [3.8, 4) is 10.6 Å². The van der Waals surface area contributed by atoms with E-state index in [1.54, 1.807) is 6.21 Å². The fourth-order valence-corrected chi connectivity index (χ4v) is 3.24. The average Bonchev–Trinajstić information content (AvgIpc) is 2.98. The average molecular weight is 335 g/mol. The van der Waals surface area contributed by atoms with Crippen molar-refractivity contribution in [2.45, 2.75) is 13.8 Å². The van der Waals surface area contributed by atoms with Gasteiger partial charge in [-0.1, -0.05) is 60.2 Å². The molecular weight excluding hydrogens is 318 g/mol. The highest BCUT2D eigenvalue weighted by Gasteiger charge is 2.15. The van der Waals surface area contributed by atoms with Crippen LogP contribution < -0.4 is 5.43 Å². The SMILES string of the molecule is Cc1cccc(/C=N/NC(=O)c2sc(-c3ccccc3)nc2C)c1. The van der Waals surface area contributed by atoms with Crippen LogP contribution >= 0.6 is 11.3 Å². The van der Waals surface area contributed by atoms with Crippen molar-refractivity contribution in [3.63, 3.8) is 0 Å². The van der Waals surface area contributed by atoms with Crippen LogP contribution in [0.25, 0.3) is 10.6 Å². The molecule has 0 spiro atoms.